The lowest BCUT2D eigenvalue weighted by molar-refractivity contribution is -0.149. The lowest BCUT2D eigenvalue weighted by Crippen LogP contribution is -2.50. The Labute approximate surface area is 121 Å². The molecule has 122 valence electrons. The van der Waals surface area contributed by atoms with Gasteiger partial charge in [-0.25, -0.2) is 4.79 Å². The summed E-state index contributed by atoms with van der Waals surface area (Å²) in [6, 6.07) is -1.14. The number of carbonyl (C=O) groups excluding carboxylic acids is 1. The van der Waals surface area contributed by atoms with Crippen LogP contribution in [0.1, 0.15) is 39.0 Å². The summed E-state index contributed by atoms with van der Waals surface area (Å²) in [4.78, 5) is 22.7. The van der Waals surface area contributed by atoms with Crippen LogP contribution in [-0.4, -0.2) is 47.3 Å². The van der Waals surface area contributed by atoms with E-state index in [9.17, 15) is 22.8 Å². The van der Waals surface area contributed by atoms with E-state index < -0.39 is 31.3 Å². The van der Waals surface area contributed by atoms with Crippen LogP contribution in [0.4, 0.5) is 18.0 Å². The molecule has 0 saturated heterocycles. The van der Waals surface area contributed by atoms with Gasteiger partial charge in [-0.05, 0) is 31.6 Å². The molecule has 1 aliphatic rings. The summed E-state index contributed by atoms with van der Waals surface area (Å²) in [6.07, 6.45) is -0.264. The number of hydrogen-bond acceptors (Lipinski definition) is 2. The topological polar surface area (TPSA) is 69.6 Å². The number of nitrogens with zero attached hydrogens (tertiary/aromatic N) is 1. The Morgan fingerprint density at radius 2 is 1.81 bits per heavy atom. The van der Waals surface area contributed by atoms with Crippen LogP contribution in [-0.2, 0) is 4.79 Å². The SMILES string of the molecule is CCC1CCC(NC(=O)N(CC(=O)O)CC(F)(F)F)CC1. The molecule has 0 spiro atoms. The van der Waals surface area contributed by atoms with E-state index in [1.807, 2.05) is 0 Å². The highest BCUT2D eigenvalue weighted by Crippen LogP contribution is 2.26. The maximum absolute atomic E-state index is 12.4. The zero-order chi connectivity index (χ0) is 16.0. The molecule has 0 unspecified atom stereocenters. The normalized spacial score (nSPS) is 22.7. The van der Waals surface area contributed by atoms with Crippen LogP contribution in [0.2, 0.25) is 0 Å². The van der Waals surface area contributed by atoms with Crippen molar-refractivity contribution in [3.05, 3.63) is 0 Å². The highest BCUT2D eigenvalue weighted by atomic mass is 19.4. The predicted molar refractivity (Wildman–Crippen MR) is 69.8 cm³/mol. The Balaban J connectivity index is 2.54. The molecule has 8 heteroatoms. The van der Waals surface area contributed by atoms with E-state index >= 15 is 0 Å². The van der Waals surface area contributed by atoms with Gasteiger partial charge in [-0.2, -0.15) is 13.2 Å². The molecule has 0 radical (unpaired) electrons. The van der Waals surface area contributed by atoms with Gasteiger partial charge in [-0.1, -0.05) is 13.3 Å². The zero-order valence-corrected chi connectivity index (χ0v) is 11.9. The maximum atomic E-state index is 12.4. The van der Waals surface area contributed by atoms with E-state index in [0.717, 1.165) is 32.1 Å². The fourth-order valence-corrected chi connectivity index (χ4v) is 2.56. The van der Waals surface area contributed by atoms with E-state index in [0.29, 0.717) is 5.92 Å². The van der Waals surface area contributed by atoms with E-state index in [-0.39, 0.29) is 10.9 Å². The Hall–Kier alpha value is -1.47. The number of carbonyl (C=O) groups is 2. The molecule has 0 atom stereocenters. The molecule has 1 fully saturated rings. The fourth-order valence-electron chi connectivity index (χ4n) is 2.56. The summed E-state index contributed by atoms with van der Waals surface area (Å²) < 4.78 is 37.1. The molecule has 0 aliphatic heterocycles. The number of nitrogens with one attached hydrogen (secondary N) is 1. The van der Waals surface area contributed by atoms with Crippen molar-refractivity contribution in [2.24, 2.45) is 5.92 Å². The lowest BCUT2D eigenvalue weighted by Gasteiger charge is -2.31. The quantitative estimate of drug-likeness (QED) is 0.820. The number of halogens is 3. The summed E-state index contributed by atoms with van der Waals surface area (Å²) in [7, 11) is 0. The first-order valence-electron chi connectivity index (χ1n) is 7.05. The van der Waals surface area contributed by atoms with Crippen molar-refractivity contribution < 1.29 is 27.9 Å². The molecule has 21 heavy (non-hydrogen) atoms. The van der Waals surface area contributed by atoms with Crippen molar-refractivity contribution in [1.82, 2.24) is 10.2 Å². The lowest BCUT2D eigenvalue weighted by atomic mass is 9.84. The van der Waals surface area contributed by atoms with Gasteiger partial charge in [0.2, 0.25) is 0 Å². The Morgan fingerprint density at radius 1 is 1.24 bits per heavy atom. The molecule has 0 aromatic rings. The third kappa shape index (κ3) is 6.68. The summed E-state index contributed by atoms with van der Waals surface area (Å²) >= 11 is 0. The minimum Gasteiger partial charge on any atom is -0.480 e. The number of carboxylic acids is 1. The fraction of sp³-hybridized carbons (Fsp3) is 0.846. The van der Waals surface area contributed by atoms with Gasteiger partial charge in [0.05, 0.1) is 0 Å². The second-order valence-electron chi connectivity index (χ2n) is 5.44. The molecular formula is C13H21F3N2O3. The molecule has 2 N–H and O–H groups in total. The third-order valence-electron chi connectivity index (χ3n) is 3.74. The van der Waals surface area contributed by atoms with Crippen LogP contribution in [0.3, 0.4) is 0 Å². The summed E-state index contributed by atoms with van der Waals surface area (Å²) in [6.45, 7) is -0.438. The average Bonchev–Trinajstić information content (AvgIpc) is 2.36. The van der Waals surface area contributed by atoms with Gasteiger partial charge in [0.25, 0.3) is 0 Å². The molecule has 0 aromatic heterocycles. The third-order valence-corrected chi connectivity index (χ3v) is 3.74. The largest absolute Gasteiger partial charge is 0.480 e. The molecular weight excluding hydrogens is 289 g/mol. The Kier molecular flexibility index (Phi) is 6.29. The zero-order valence-electron chi connectivity index (χ0n) is 11.9. The van der Waals surface area contributed by atoms with Crippen molar-refractivity contribution in [2.75, 3.05) is 13.1 Å². The molecule has 1 saturated carbocycles. The van der Waals surface area contributed by atoms with Gasteiger partial charge in [-0.15, -0.1) is 0 Å². The summed E-state index contributed by atoms with van der Waals surface area (Å²) in [5.74, 6) is -0.868. The maximum Gasteiger partial charge on any atom is 0.406 e. The van der Waals surface area contributed by atoms with Crippen LogP contribution in [0.5, 0.6) is 0 Å². The summed E-state index contributed by atoms with van der Waals surface area (Å²) in [5.41, 5.74) is 0. The predicted octanol–water partition coefficient (Wildman–Crippen LogP) is 2.61. The molecule has 5 nitrogen and oxygen atoms in total. The minimum atomic E-state index is -4.62. The second-order valence-corrected chi connectivity index (χ2v) is 5.44. The first-order chi connectivity index (χ1) is 9.71. The molecule has 1 rings (SSSR count). The van der Waals surface area contributed by atoms with Gasteiger partial charge in [0, 0.05) is 6.04 Å². The first kappa shape index (κ1) is 17.6. The van der Waals surface area contributed by atoms with Gasteiger partial charge < -0.3 is 15.3 Å². The number of alkyl halides is 3. The van der Waals surface area contributed by atoms with E-state index in [4.69, 9.17) is 5.11 Å². The standard InChI is InChI=1S/C13H21F3N2O3/c1-2-9-3-5-10(6-4-9)17-12(21)18(7-11(19)20)8-13(14,15)16/h9-10H,2-8H2,1H3,(H,17,21)(H,19,20). The molecule has 0 bridgehead atoms. The van der Waals surface area contributed by atoms with Crippen LogP contribution in [0.25, 0.3) is 0 Å². The molecule has 0 aromatic carbocycles. The van der Waals surface area contributed by atoms with Crippen molar-refractivity contribution in [1.29, 1.82) is 0 Å². The number of hydrogen-bond donors (Lipinski definition) is 2. The summed E-state index contributed by atoms with van der Waals surface area (Å²) in [5, 5.41) is 11.1. The van der Waals surface area contributed by atoms with Crippen LogP contribution >= 0.6 is 0 Å². The van der Waals surface area contributed by atoms with Crippen LogP contribution < -0.4 is 5.32 Å². The second kappa shape index (κ2) is 7.51. The molecule has 0 heterocycles. The number of aliphatic carboxylic acids is 1. The average molecular weight is 310 g/mol. The monoisotopic (exact) mass is 310 g/mol. The van der Waals surface area contributed by atoms with Gasteiger partial charge >= 0.3 is 18.2 Å². The van der Waals surface area contributed by atoms with Crippen molar-refractivity contribution in [2.45, 2.75) is 51.2 Å². The van der Waals surface area contributed by atoms with Crippen molar-refractivity contribution >= 4 is 12.0 Å². The molecule has 2 amide bonds. The number of urea groups is 1. The number of rotatable bonds is 5. The highest BCUT2D eigenvalue weighted by molar-refractivity contribution is 5.80. The Bertz CT molecular complexity index is 366. The Morgan fingerprint density at radius 3 is 2.24 bits per heavy atom. The van der Waals surface area contributed by atoms with Crippen molar-refractivity contribution in [3.8, 4) is 0 Å². The van der Waals surface area contributed by atoms with Crippen molar-refractivity contribution in [3.63, 3.8) is 0 Å². The highest BCUT2D eigenvalue weighted by Gasteiger charge is 2.34. The van der Waals surface area contributed by atoms with Gasteiger partial charge in [0.1, 0.15) is 13.1 Å². The number of amides is 2. The smallest absolute Gasteiger partial charge is 0.406 e. The van der Waals surface area contributed by atoms with E-state index in [2.05, 4.69) is 12.2 Å². The van der Waals surface area contributed by atoms with Gasteiger partial charge in [0.15, 0.2) is 0 Å². The number of carboxylic acid groups (broad SMARTS) is 1. The van der Waals surface area contributed by atoms with Crippen LogP contribution in [0, 0.1) is 5.92 Å². The van der Waals surface area contributed by atoms with Gasteiger partial charge in [-0.3, -0.25) is 4.79 Å². The molecule has 1 aliphatic carbocycles. The van der Waals surface area contributed by atoms with Crippen LogP contribution in [0.15, 0.2) is 0 Å². The first-order valence-corrected chi connectivity index (χ1v) is 7.05. The minimum absolute atomic E-state index is 0.176. The van der Waals surface area contributed by atoms with E-state index in [1.54, 1.807) is 0 Å². The van der Waals surface area contributed by atoms with E-state index in [1.165, 1.54) is 0 Å².